The van der Waals surface area contributed by atoms with Gasteiger partial charge in [0, 0.05) is 61.2 Å². The van der Waals surface area contributed by atoms with Gasteiger partial charge < -0.3 is 18.6 Å². The number of furan rings is 2. The Morgan fingerprint density at radius 1 is 0.269 bits per heavy atom. The third-order valence-corrected chi connectivity index (χ3v) is 13.3. The summed E-state index contributed by atoms with van der Waals surface area (Å²) in [5.41, 5.74) is 15.7. The van der Waals surface area contributed by atoms with Gasteiger partial charge in [0.15, 0.2) is 0 Å². The molecule has 2 aromatic heterocycles. The molecule has 11 aromatic carbocycles. The van der Waals surface area contributed by atoms with Gasteiger partial charge in [0.05, 0.1) is 0 Å². The predicted molar refractivity (Wildman–Crippen MR) is 281 cm³/mol. The summed E-state index contributed by atoms with van der Waals surface area (Å²) in [5.74, 6) is 0. The highest BCUT2D eigenvalue weighted by atomic mass is 16.3. The first-order valence-electron chi connectivity index (χ1n) is 22.8. The zero-order valence-corrected chi connectivity index (χ0v) is 36.7. The molecule has 13 rings (SSSR count). The summed E-state index contributed by atoms with van der Waals surface area (Å²) < 4.78 is 13.6. The van der Waals surface area contributed by atoms with E-state index in [0.29, 0.717) is 0 Å². The highest BCUT2D eigenvalue weighted by Gasteiger charge is 2.21. The predicted octanol–water partition coefficient (Wildman–Crippen LogP) is 18.4. The fraction of sp³-hybridized carbons (Fsp3) is 0.0159. The Morgan fingerprint density at radius 2 is 0.612 bits per heavy atom. The van der Waals surface area contributed by atoms with Gasteiger partial charge in [-0.3, -0.25) is 0 Å². The van der Waals surface area contributed by atoms with Crippen LogP contribution >= 0.6 is 0 Å². The molecule has 0 saturated carbocycles. The van der Waals surface area contributed by atoms with Gasteiger partial charge in [0.2, 0.25) is 0 Å². The summed E-state index contributed by atoms with van der Waals surface area (Å²) in [6.45, 7) is 2.12. The lowest BCUT2D eigenvalue weighted by Crippen LogP contribution is -2.09. The van der Waals surface area contributed by atoms with Crippen molar-refractivity contribution in [2.24, 2.45) is 0 Å². The van der Waals surface area contributed by atoms with Gasteiger partial charge in [0.25, 0.3) is 0 Å². The maximum atomic E-state index is 6.78. The van der Waals surface area contributed by atoms with E-state index in [1.54, 1.807) is 0 Å². The van der Waals surface area contributed by atoms with Crippen LogP contribution in [0.4, 0.5) is 34.1 Å². The van der Waals surface area contributed by atoms with Crippen molar-refractivity contribution < 1.29 is 8.83 Å². The molecular weight excluding hydrogens is 817 g/mol. The lowest BCUT2D eigenvalue weighted by Gasteiger charge is -2.26. The first-order chi connectivity index (χ1) is 33.1. The third-order valence-electron chi connectivity index (χ3n) is 13.3. The Bertz CT molecular complexity index is 3700. The zero-order valence-electron chi connectivity index (χ0n) is 36.7. The molecular formula is C63H42N2O2. The Balaban J connectivity index is 0.878. The van der Waals surface area contributed by atoms with Crippen LogP contribution in [0.15, 0.2) is 245 Å². The average molecular weight is 859 g/mol. The third kappa shape index (κ3) is 6.69. The molecule has 0 fully saturated rings. The minimum atomic E-state index is 0.852. The van der Waals surface area contributed by atoms with Crippen molar-refractivity contribution in [2.75, 3.05) is 9.80 Å². The Hall–Kier alpha value is -8.86. The van der Waals surface area contributed by atoms with E-state index >= 15 is 0 Å². The molecule has 13 aromatic rings. The van der Waals surface area contributed by atoms with Gasteiger partial charge in [-0.2, -0.15) is 0 Å². The van der Waals surface area contributed by atoms with Crippen LogP contribution in [-0.4, -0.2) is 0 Å². The SMILES string of the molecule is Cc1c2oc3cc4cc(N(c5ccccc5)c5ccc(-c6ccccc6)cc5)ccc4cc3c2cc2c1oc1cc3cc(N(c4ccccc4)c4ccc(-c5ccccc5)cc4)ccc3cc12. The van der Waals surface area contributed by atoms with Crippen LogP contribution in [0.1, 0.15) is 5.56 Å². The van der Waals surface area contributed by atoms with Crippen LogP contribution in [0, 0.1) is 6.92 Å². The number of fused-ring (bicyclic) bond motifs is 8. The minimum absolute atomic E-state index is 0.852. The second-order valence-electron chi connectivity index (χ2n) is 17.4. The Kier molecular flexibility index (Phi) is 9.04. The maximum absolute atomic E-state index is 6.78. The topological polar surface area (TPSA) is 32.8 Å². The first kappa shape index (κ1) is 38.6. The fourth-order valence-electron chi connectivity index (χ4n) is 9.98. The van der Waals surface area contributed by atoms with E-state index in [-0.39, 0.29) is 0 Å². The maximum Gasteiger partial charge on any atom is 0.142 e. The highest BCUT2D eigenvalue weighted by Crippen LogP contribution is 2.44. The second-order valence-corrected chi connectivity index (χ2v) is 17.4. The van der Waals surface area contributed by atoms with Gasteiger partial charge in [-0.05, 0) is 154 Å². The van der Waals surface area contributed by atoms with Crippen LogP contribution in [0.5, 0.6) is 0 Å². The number of hydrogen-bond donors (Lipinski definition) is 0. The molecule has 316 valence electrons. The van der Waals surface area contributed by atoms with Gasteiger partial charge >= 0.3 is 0 Å². The lowest BCUT2D eigenvalue weighted by molar-refractivity contribution is 0.651. The van der Waals surface area contributed by atoms with Gasteiger partial charge in [-0.25, -0.2) is 0 Å². The molecule has 2 heterocycles. The second kappa shape index (κ2) is 15.7. The van der Waals surface area contributed by atoms with E-state index in [9.17, 15) is 0 Å². The van der Waals surface area contributed by atoms with E-state index in [4.69, 9.17) is 8.83 Å². The molecule has 4 nitrogen and oxygen atoms in total. The standard InChI is InChI=1S/C63H42N2O2/c1-41-62-58(56-36-46-26-32-54(34-48(46)38-60(56)66-62)64(50-18-10-4-11-19-50)52-28-22-44(23-29-52)42-14-6-2-7-15-42)40-59-57-37-47-27-33-55(35-49(47)39-61(57)67-63(41)59)65(51-20-12-5-13-21-51)53-30-24-45(25-31-53)43-16-8-3-9-17-43/h2-40H,1H3. The normalized spacial score (nSPS) is 11.7. The fourth-order valence-corrected chi connectivity index (χ4v) is 9.98. The molecule has 0 bridgehead atoms. The molecule has 0 atom stereocenters. The quantitative estimate of drug-likeness (QED) is 0.152. The van der Waals surface area contributed by atoms with E-state index in [0.717, 1.165) is 105 Å². The molecule has 0 N–H and O–H groups in total. The molecule has 0 aliphatic heterocycles. The van der Waals surface area contributed by atoms with Crippen LogP contribution < -0.4 is 9.80 Å². The molecule has 0 unspecified atom stereocenters. The van der Waals surface area contributed by atoms with Gasteiger partial charge in [-0.1, -0.05) is 133 Å². The van der Waals surface area contributed by atoms with Crippen molar-refractivity contribution in [1.29, 1.82) is 0 Å². The summed E-state index contributed by atoms with van der Waals surface area (Å²) in [6, 6.07) is 84.4. The summed E-state index contributed by atoms with van der Waals surface area (Å²) >= 11 is 0. The first-order valence-corrected chi connectivity index (χ1v) is 22.8. The van der Waals surface area contributed by atoms with Gasteiger partial charge in [0.1, 0.15) is 22.3 Å². The lowest BCUT2D eigenvalue weighted by atomic mass is 10.0. The van der Waals surface area contributed by atoms with Crippen LogP contribution in [-0.2, 0) is 0 Å². The van der Waals surface area contributed by atoms with E-state index < -0.39 is 0 Å². The monoisotopic (exact) mass is 858 g/mol. The van der Waals surface area contributed by atoms with Crippen molar-refractivity contribution in [3.05, 3.63) is 242 Å². The molecule has 0 saturated heterocycles. The van der Waals surface area contributed by atoms with Crippen LogP contribution in [0.2, 0.25) is 0 Å². The molecule has 0 radical (unpaired) electrons. The number of para-hydroxylation sites is 2. The number of hydrogen-bond acceptors (Lipinski definition) is 4. The van der Waals surface area contributed by atoms with Crippen molar-refractivity contribution >= 4 is 99.5 Å². The molecule has 0 amide bonds. The summed E-state index contributed by atoms with van der Waals surface area (Å²) in [5, 5.41) is 8.88. The van der Waals surface area contributed by atoms with Crippen molar-refractivity contribution in [1.82, 2.24) is 0 Å². The zero-order chi connectivity index (χ0) is 44.4. The summed E-state index contributed by atoms with van der Waals surface area (Å²) in [6.07, 6.45) is 0. The smallest absolute Gasteiger partial charge is 0.142 e. The van der Waals surface area contributed by atoms with Crippen molar-refractivity contribution in [3.8, 4) is 22.3 Å². The number of nitrogens with zero attached hydrogens (tertiary/aromatic N) is 2. The minimum Gasteiger partial charge on any atom is -0.456 e. The van der Waals surface area contributed by atoms with Gasteiger partial charge in [-0.15, -0.1) is 0 Å². The number of benzene rings is 11. The summed E-state index contributed by atoms with van der Waals surface area (Å²) in [4.78, 5) is 4.63. The molecule has 0 spiro atoms. The van der Waals surface area contributed by atoms with E-state index in [1.807, 2.05) is 0 Å². The Labute approximate surface area is 387 Å². The summed E-state index contributed by atoms with van der Waals surface area (Å²) in [7, 11) is 0. The highest BCUT2D eigenvalue weighted by molar-refractivity contribution is 6.20. The van der Waals surface area contributed by atoms with E-state index in [2.05, 4.69) is 253 Å². The van der Waals surface area contributed by atoms with Crippen LogP contribution in [0.25, 0.3) is 87.7 Å². The largest absolute Gasteiger partial charge is 0.456 e. The van der Waals surface area contributed by atoms with Crippen LogP contribution in [0.3, 0.4) is 0 Å². The van der Waals surface area contributed by atoms with Crippen molar-refractivity contribution in [3.63, 3.8) is 0 Å². The van der Waals surface area contributed by atoms with E-state index in [1.165, 1.54) is 22.3 Å². The number of aryl methyl sites for hydroxylation is 1. The molecule has 0 aliphatic rings. The molecule has 4 heteroatoms. The van der Waals surface area contributed by atoms with Crippen molar-refractivity contribution in [2.45, 2.75) is 6.92 Å². The molecule has 67 heavy (non-hydrogen) atoms. The Morgan fingerprint density at radius 3 is 1.01 bits per heavy atom. The number of rotatable bonds is 8. The number of anilines is 6. The molecule has 0 aliphatic carbocycles. The average Bonchev–Trinajstić information content (AvgIpc) is 3.94.